The van der Waals surface area contributed by atoms with Crippen LogP contribution >= 0.6 is 0 Å². The van der Waals surface area contributed by atoms with Gasteiger partial charge in [-0.1, -0.05) is 29.8 Å². The second-order valence-electron chi connectivity index (χ2n) is 8.64. The molecule has 0 spiro atoms. The standard InChI is InChI=1S/C23H25N5O4S/c1-15-3-2-4-16(11-15)12-22-25-21(14-27-13-18-7-10-20(27)23(29)32-18)26-28(22)17-5-8-19(9-6-17)33(24,30)31/h2-6,8-9,11,18,20H,7,10,12-14H2,1H3,(H2,24,30,31)/t18-,20-/m0/s1. The summed E-state index contributed by atoms with van der Waals surface area (Å²) in [6, 6.07) is 14.2. The molecule has 3 fully saturated rings. The summed E-state index contributed by atoms with van der Waals surface area (Å²) in [4.78, 5) is 19.1. The summed E-state index contributed by atoms with van der Waals surface area (Å²) in [5.41, 5.74) is 2.93. The number of nitrogens with two attached hydrogens (primary N) is 1. The van der Waals surface area contributed by atoms with Gasteiger partial charge in [0, 0.05) is 13.0 Å². The number of ether oxygens (including phenoxy) is 1. The second-order valence-corrected chi connectivity index (χ2v) is 10.2. The van der Waals surface area contributed by atoms with Crippen molar-refractivity contribution in [2.24, 2.45) is 5.14 Å². The van der Waals surface area contributed by atoms with Crippen LogP contribution in [0.3, 0.4) is 0 Å². The van der Waals surface area contributed by atoms with E-state index >= 15 is 0 Å². The van der Waals surface area contributed by atoms with E-state index in [0.717, 1.165) is 29.8 Å². The van der Waals surface area contributed by atoms with Crippen LogP contribution in [0, 0.1) is 6.92 Å². The Bertz CT molecular complexity index is 1300. The zero-order chi connectivity index (χ0) is 23.2. The van der Waals surface area contributed by atoms with E-state index in [1.54, 1.807) is 16.8 Å². The lowest BCUT2D eigenvalue weighted by molar-refractivity contribution is -0.176. The number of hydrogen-bond acceptors (Lipinski definition) is 7. The van der Waals surface area contributed by atoms with E-state index in [-0.39, 0.29) is 23.0 Å². The van der Waals surface area contributed by atoms with Crippen LogP contribution in [0.5, 0.6) is 0 Å². The normalized spacial score (nSPS) is 20.7. The molecular weight excluding hydrogens is 442 g/mol. The van der Waals surface area contributed by atoms with Gasteiger partial charge < -0.3 is 4.74 Å². The minimum atomic E-state index is -3.79. The van der Waals surface area contributed by atoms with Gasteiger partial charge in [0.15, 0.2) is 5.82 Å². The number of carbonyl (C=O) groups is 1. The summed E-state index contributed by atoms with van der Waals surface area (Å²) in [6.45, 7) is 3.16. The molecule has 0 amide bonds. The third-order valence-electron chi connectivity index (χ3n) is 6.11. The molecule has 10 heteroatoms. The molecule has 4 heterocycles. The molecule has 2 aromatic carbocycles. The molecule has 6 rings (SSSR count). The molecule has 0 saturated carbocycles. The predicted molar refractivity (Wildman–Crippen MR) is 120 cm³/mol. The topological polar surface area (TPSA) is 120 Å². The van der Waals surface area contributed by atoms with Gasteiger partial charge in [-0.05, 0) is 49.6 Å². The van der Waals surface area contributed by atoms with E-state index in [4.69, 9.17) is 20.0 Å². The molecule has 2 bridgehead atoms. The van der Waals surface area contributed by atoms with Crippen molar-refractivity contribution in [1.29, 1.82) is 0 Å². The third-order valence-corrected chi connectivity index (χ3v) is 7.04. The first kappa shape index (κ1) is 21.7. The molecule has 3 aliphatic heterocycles. The van der Waals surface area contributed by atoms with Crippen LogP contribution in [0.25, 0.3) is 5.69 Å². The molecule has 3 aromatic rings. The monoisotopic (exact) mass is 467 g/mol. The Hall–Kier alpha value is -3.08. The summed E-state index contributed by atoms with van der Waals surface area (Å²) in [6.07, 6.45) is 2.17. The fourth-order valence-corrected chi connectivity index (χ4v) is 5.05. The van der Waals surface area contributed by atoms with E-state index in [1.165, 1.54) is 12.1 Å². The van der Waals surface area contributed by atoms with Crippen molar-refractivity contribution >= 4 is 16.0 Å². The van der Waals surface area contributed by atoms with Gasteiger partial charge >= 0.3 is 5.97 Å². The summed E-state index contributed by atoms with van der Waals surface area (Å²) in [7, 11) is -3.79. The first-order valence-electron chi connectivity index (χ1n) is 10.8. The third kappa shape index (κ3) is 4.54. The smallest absolute Gasteiger partial charge is 0.323 e. The summed E-state index contributed by atoms with van der Waals surface area (Å²) in [5, 5.41) is 9.96. The number of morpholine rings is 1. The van der Waals surface area contributed by atoms with Gasteiger partial charge in [-0.3, -0.25) is 9.69 Å². The highest BCUT2D eigenvalue weighted by Gasteiger charge is 2.42. The largest absolute Gasteiger partial charge is 0.460 e. The quantitative estimate of drug-likeness (QED) is 0.548. The Balaban J connectivity index is 1.48. The van der Waals surface area contributed by atoms with Crippen LogP contribution in [0.1, 0.15) is 35.6 Å². The molecule has 0 aliphatic carbocycles. The van der Waals surface area contributed by atoms with Crippen LogP contribution in [-0.2, 0) is 32.5 Å². The van der Waals surface area contributed by atoms with Gasteiger partial charge in [0.25, 0.3) is 0 Å². The lowest BCUT2D eigenvalue weighted by Gasteiger charge is -2.42. The Kier molecular flexibility index (Phi) is 5.51. The van der Waals surface area contributed by atoms with Gasteiger partial charge in [-0.15, -0.1) is 5.10 Å². The number of primary sulfonamides is 1. The van der Waals surface area contributed by atoms with Gasteiger partial charge in [0.2, 0.25) is 10.0 Å². The zero-order valence-electron chi connectivity index (χ0n) is 18.2. The number of aryl methyl sites for hydroxylation is 1. The highest BCUT2D eigenvalue weighted by molar-refractivity contribution is 7.89. The molecule has 3 aliphatic rings. The number of rotatable bonds is 6. The molecule has 9 nitrogen and oxygen atoms in total. The summed E-state index contributed by atoms with van der Waals surface area (Å²) < 4.78 is 30.4. The number of benzene rings is 2. The first-order valence-corrected chi connectivity index (χ1v) is 12.4. The van der Waals surface area contributed by atoms with Crippen LogP contribution in [0.2, 0.25) is 0 Å². The number of hydrogen-bond donors (Lipinski definition) is 1. The highest BCUT2D eigenvalue weighted by Crippen LogP contribution is 2.28. The molecule has 0 unspecified atom stereocenters. The van der Waals surface area contributed by atoms with Crippen LogP contribution in [0.15, 0.2) is 53.4 Å². The highest BCUT2D eigenvalue weighted by atomic mass is 32.2. The molecule has 3 saturated heterocycles. The van der Waals surface area contributed by atoms with E-state index in [9.17, 15) is 13.2 Å². The molecule has 2 N–H and O–H groups in total. The maximum absolute atomic E-state index is 12.2. The first-order chi connectivity index (χ1) is 15.8. The number of aromatic nitrogens is 3. The number of carbonyl (C=O) groups excluding carboxylic acids is 1. The number of esters is 1. The zero-order valence-corrected chi connectivity index (χ0v) is 19.0. The Morgan fingerprint density at radius 3 is 2.61 bits per heavy atom. The number of sulfonamides is 1. The second kappa shape index (κ2) is 8.36. The molecular formula is C23H25N5O4S. The minimum absolute atomic E-state index is 0.0367. The van der Waals surface area contributed by atoms with E-state index in [0.29, 0.717) is 31.0 Å². The van der Waals surface area contributed by atoms with Crippen molar-refractivity contribution in [1.82, 2.24) is 19.7 Å². The number of nitrogens with zero attached hydrogens (tertiary/aromatic N) is 4. The van der Waals surface area contributed by atoms with Gasteiger partial charge in [0.05, 0.1) is 17.1 Å². The van der Waals surface area contributed by atoms with Crippen molar-refractivity contribution < 1.29 is 17.9 Å². The average Bonchev–Trinajstić information content (AvgIpc) is 3.15. The van der Waals surface area contributed by atoms with Crippen LogP contribution < -0.4 is 5.14 Å². The molecule has 1 aromatic heterocycles. The van der Waals surface area contributed by atoms with Crippen molar-refractivity contribution in [3.8, 4) is 5.69 Å². The predicted octanol–water partition coefficient (Wildman–Crippen LogP) is 1.70. The summed E-state index contributed by atoms with van der Waals surface area (Å²) in [5.74, 6) is 1.16. The minimum Gasteiger partial charge on any atom is -0.460 e. The van der Waals surface area contributed by atoms with Gasteiger partial charge in [0.1, 0.15) is 18.0 Å². The SMILES string of the molecule is Cc1cccc(Cc2nc(CN3C[C@@H]4CC[C@H]3C(=O)O4)nn2-c2ccc(S(N)(=O)=O)cc2)c1. The maximum atomic E-state index is 12.2. The number of piperidine rings is 1. The average molecular weight is 468 g/mol. The lowest BCUT2D eigenvalue weighted by Crippen LogP contribution is -2.56. The van der Waals surface area contributed by atoms with Gasteiger partial charge in [-0.2, -0.15) is 0 Å². The Morgan fingerprint density at radius 1 is 1.15 bits per heavy atom. The number of fused-ring (bicyclic) bond motifs is 3. The van der Waals surface area contributed by atoms with E-state index in [1.807, 2.05) is 25.1 Å². The van der Waals surface area contributed by atoms with Crippen LogP contribution in [0.4, 0.5) is 0 Å². The van der Waals surface area contributed by atoms with Crippen molar-refractivity contribution in [2.45, 2.75) is 49.8 Å². The fourth-order valence-electron chi connectivity index (χ4n) is 4.53. The lowest BCUT2D eigenvalue weighted by atomic mass is 9.96. The fraction of sp³-hybridized carbons (Fsp3) is 0.348. The van der Waals surface area contributed by atoms with Crippen molar-refractivity contribution in [3.05, 3.63) is 71.3 Å². The Morgan fingerprint density at radius 2 is 1.94 bits per heavy atom. The molecule has 33 heavy (non-hydrogen) atoms. The molecule has 172 valence electrons. The molecule has 2 atom stereocenters. The maximum Gasteiger partial charge on any atom is 0.323 e. The van der Waals surface area contributed by atoms with E-state index in [2.05, 4.69) is 11.0 Å². The van der Waals surface area contributed by atoms with E-state index < -0.39 is 10.0 Å². The Labute approximate surface area is 192 Å². The summed E-state index contributed by atoms with van der Waals surface area (Å²) >= 11 is 0. The van der Waals surface area contributed by atoms with Gasteiger partial charge in [-0.25, -0.2) is 23.2 Å². The van der Waals surface area contributed by atoms with Crippen molar-refractivity contribution in [2.75, 3.05) is 6.54 Å². The van der Waals surface area contributed by atoms with Crippen LogP contribution in [-0.4, -0.2) is 52.7 Å². The molecule has 0 radical (unpaired) electrons. The van der Waals surface area contributed by atoms with Crippen molar-refractivity contribution in [3.63, 3.8) is 0 Å².